The number of rotatable bonds is 12. The normalized spacial score (nSPS) is 18.6. The fourth-order valence-electron chi connectivity index (χ4n) is 4.16. The summed E-state index contributed by atoms with van der Waals surface area (Å²) in [5.74, 6) is -2.21. The van der Waals surface area contributed by atoms with Gasteiger partial charge in [-0.15, -0.1) is 0 Å². The Morgan fingerprint density at radius 2 is 1.79 bits per heavy atom. The summed E-state index contributed by atoms with van der Waals surface area (Å²) in [5, 5.41) is 14.8. The molecule has 11 heteroatoms. The summed E-state index contributed by atoms with van der Waals surface area (Å²) in [5.41, 5.74) is 6.74. The molecule has 3 amide bonds. The van der Waals surface area contributed by atoms with E-state index in [9.17, 15) is 24.3 Å². The van der Waals surface area contributed by atoms with Crippen molar-refractivity contribution in [2.24, 2.45) is 17.6 Å². The topological polar surface area (TPSA) is 171 Å². The number of nitrogens with zero attached hydrogens (tertiary/aromatic N) is 2. The number of aromatic nitrogens is 2. The molecule has 1 aliphatic heterocycles. The molecule has 4 atom stereocenters. The summed E-state index contributed by atoms with van der Waals surface area (Å²) >= 11 is 0. The maximum Gasteiger partial charge on any atom is 0.326 e. The number of nitrogens with two attached hydrogens (primary N) is 1. The highest BCUT2D eigenvalue weighted by atomic mass is 16.4. The summed E-state index contributed by atoms with van der Waals surface area (Å²) in [6.45, 7) is 8.00. The van der Waals surface area contributed by atoms with E-state index in [0.29, 0.717) is 37.9 Å². The number of aromatic amines is 1. The van der Waals surface area contributed by atoms with E-state index in [1.54, 1.807) is 6.20 Å². The van der Waals surface area contributed by atoms with Gasteiger partial charge in [0.15, 0.2) is 0 Å². The van der Waals surface area contributed by atoms with Gasteiger partial charge >= 0.3 is 5.97 Å². The van der Waals surface area contributed by atoms with E-state index in [2.05, 4.69) is 20.6 Å². The molecule has 1 aromatic heterocycles. The summed E-state index contributed by atoms with van der Waals surface area (Å²) < 4.78 is 0. The molecule has 0 radical (unpaired) electrons. The molecule has 1 aromatic rings. The van der Waals surface area contributed by atoms with Gasteiger partial charge in [0, 0.05) is 24.9 Å². The Kier molecular flexibility index (Phi) is 10.0. The lowest BCUT2D eigenvalue weighted by atomic mass is 10.0. The van der Waals surface area contributed by atoms with E-state index >= 15 is 0 Å². The standard InChI is InChI=1S/C23H38N6O5/c1-13(2)8-17(27-20(30)16(24)10-15-11-25-12-26-15)22(32)29-7-5-6-19(29)21(31)28-18(23(33)34)9-14(3)4/h11-14,16-19H,5-10,24H2,1-4H3,(H,25,26)(H,27,30)(H,28,31)(H,33,34). The van der Waals surface area contributed by atoms with Gasteiger partial charge in [0.05, 0.1) is 12.4 Å². The second-order valence-electron chi connectivity index (χ2n) is 9.80. The van der Waals surface area contributed by atoms with Crippen molar-refractivity contribution >= 4 is 23.7 Å². The zero-order valence-corrected chi connectivity index (χ0v) is 20.4. The largest absolute Gasteiger partial charge is 0.480 e. The molecular weight excluding hydrogens is 440 g/mol. The average Bonchev–Trinajstić information content (AvgIpc) is 3.43. The number of carboxylic acid groups (broad SMARTS) is 1. The van der Waals surface area contributed by atoms with Gasteiger partial charge < -0.3 is 31.4 Å². The van der Waals surface area contributed by atoms with Gasteiger partial charge in [-0.2, -0.15) is 0 Å². The number of H-pyrrole nitrogens is 1. The van der Waals surface area contributed by atoms with Crippen LogP contribution in [0.4, 0.5) is 0 Å². The second kappa shape index (κ2) is 12.5. The first-order valence-corrected chi connectivity index (χ1v) is 11.9. The average molecular weight is 479 g/mol. The van der Waals surface area contributed by atoms with Gasteiger partial charge in [0.25, 0.3) is 0 Å². The van der Waals surface area contributed by atoms with Crippen LogP contribution in [-0.2, 0) is 25.6 Å². The summed E-state index contributed by atoms with van der Waals surface area (Å²) in [6, 6.07) is -3.49. The first-order chi connectivity index (χ1) is 16.0. The number of hydrogen-bond donors (Lipinski definition) is 5. The van der Waals surface area contributed by atoms with Gasteiger partial charge in [0.2, 0.25) is 17.7 Å². The minimum atomic E-state index is -1.10. The molecule has 6 N–H and O–H groups in total. The van der Waals surface area contributed by atoms with Crippen LogP contribution in [0.2, 0.25) is 0 Å². The summed E-state index contributed by atoms with van der Waals surface area (Å²) in [6.07, 6.45) is 5.07. The van der Waals surface area contributed by atoms with Gasteiger partial charge in [-0.1, -0.05) is 27.7 Å². The van der Waals surface area contributed by atoms with Gasteiger partial charge in [-0.25, -0.2) is 9.78 Å². The minimum absolute atomic E-state index is 0.0827. The van der Waals surface area contributed by atoms with E-state index in [1.807, 2.05) is 27.7 Å². The number of amides is 3. The lowest BCUT2D eigenvalue weighted by Crippen LogP contribution is -2.57. The quantitative estimate of drug-likeness (QED) is 0.290. The van der Waals surface area contributed by atoms with Gasteiger partial charge in [-0.05, 0) is 37.5 Å². The zero-order chi connectivity index (χ0) is 25.4. The van der Waals surface area contributed by atoms with Crippen molar-refractivity contribution in [3.05, 3.63) is 18.2 Å². The SMILES string of the molecule is CC(C)CC(NC(=O)C1CCCN1C(=O)C(CC(C)C)NC(=O)C(N)Cc1cnc[nH]1)C(=O)O. The molecule has 0 saturated carbocycles. The van der Waals surface area contributed by atoms with Crippen molar-refractivity contribution in [2.75, 3.05) is 6.54 Å². The van der Waals surface area contributed by atoms with E-state index in [-0.39, 0.29) is 24.2 Å². The monoisotopic (exact) mass is 478 g/mol. The molecule has 34 heavy (non-hydrogen) atoms. The van der Waals surface area contributed by atoms with Crippen molar-refractivity contribution in [2.45, 2.75) is 84.0 Å². The predicted molar refractivity (Wildman–Crippen MR) is 125 cm³/mol. The van der Waals surface area contributed by atoms with Crippen LogP contribution >= 0.6 is 0 Å². The third-order valence-corrected chi connectivity index (χ3v) is 5.81. The lowest BCUT2D eigenvalue weighted by molar-refractivity contribution is -0.145. The number of likely N-dealkylation sites (tertiary alicyclic amines) is 1. The zero-order valence-electron chi connectivity index (χ0n) is 20.4. The number of carboxylic acids is 1. The Morgan fingerprint density at radius 3 is 2.35 bits per heavy atom. The van der Waals surface area contributed by atoms with Crippen molar-refractivity contribution in [3.63, 3.8) is 0 Å². The Morgan fingerprint density at radius 1 is 1.15 bits per heavy atom. The first-order valence-electron chi connectivity index (χ1n) is 11.9. The lowest BCUT2D eigenvalue weighted by Gasteiger charge is -2.30. The number of nitrogens with one attached hydrogen (secondary N) is 3. The highest BCUT2D eigenvalue weighted by Gasteiger charge is 2.39. The van der Waals surface area contributed by atoms with Crippen LogP contribution in [0.5, 0.6) is 0 Å². The van der Waals surface area contributed by atoms with Crippen molar-refractivity contribution in [3.8, 4) is 0 Å². The molecule has 0 spiro atoms. The Hall–Kier alpha value is -2.95. The molecule has 1 fully saturated rings. The molecule has 4 unspecified atom stereocenters. The maximum atomic E-state index is 13.4. The van der Waals surface area contributed by atoms with Gasteiger partial charge in [0.1, 0.15) is 18.1 Å². The number of aliphatic carboxylic acids is 1. The molecule has 11 nitrogen and oxygen atoms in total. The highest BCUT2D eigenvalue weighted by Crippen LogP contribution is 2.21. The predicted octanol–water partition coefficient (Wildman–Crippen LogP) is 0.417. The minimum Gasteiger partial charge on any atom is -0.480 e. The number of carbonyl (C=O) groups is 4. The van der Waals surface area contributed by atoms with Gasteiger partial charge in [-0.3, -0.25) is 14.4 Å². The fourth-order valence-corrected chi connectivity index (χ4v) is 4.16. The maximum absolute atomic E-state index is 13.4. The second-order valence-corrected chi connectivity index (χ2v) is 9.80. The van der Waals surface area contributed by atoms with E-state index in [4.69, 9.17) is 5.73 Å². The smallest absolute Gasteiger partial charge is 0.326 e. The molecule has 0 bridgehead atoms. The number of carbonyl (C=O) groups excluding carboxylic acids is 3. The van der Waals surface area contributed by atoms with Crippen LogP contribution in [-0.4, -0.2) is 74.4 Å². The van der Waals surface area contributed by atoms with Crippen LogP contribution in [0, 0.1) is 11.8 Å². The summed E-state index contributed by atoms with van der Waals surface area (Å²) in [4.78, 5) is 58.9. The van der Waals surface area contributed by atoms with Crippen LogP contribution in [0.3, 0.4) is 0 Å². The molecule has 1 aliphatic rings. The van der Waals surface area contributed by atoms with Crippen LogP contribution in [0.25, 0.3) is 0 Å². The third kappa shape index (κ3) is 7.82. The molecule has 0 aliphatic carbocycles. The molecule has 0 aromatic carbocycles. The Bertz CT molecular complexity index is 841. The molecule has 2 heterocycles. The van der Waals surface area contributed by atoms with Crippen molar-refractivity contribution in [1.82, 2.24) is 25.5 Å². The first kappa shape index (κ1) is 27.3. The molecular formula is C23H38N6O5. The van der Waals surface area contributed by atoms with Crippen LogP contribution in [0.15, 0.2) is 12.5 Å². The van der Waals surface area contributed by atoms with E-state index in [1.165, 1.54) is 11.2 Å². The van der Waals surface area contributed by atoms with E-state index in [0.717, 1.165) is 0 Å². The number of imidazole rings is 1. The third-order valence-electron chi connectivity index (χ3n) is 5.81. The van der Waals surface area contributed by atoms with Crippen LogP contribution < -0.4 is 16.4 Å². The highest BCUT2D eigenvalue weighted by molar-refractivity contribution is 5.94. The van der Waals surface area contributed by atoms with Crippen molar-refractivity contribution in [1.29, 1.82) is 0 Å². The Labute approximate surface area is 200 Å². The number of hydrogen-bond acceptors (Lipinski definition) is 6. The molecule has 1 saturated heterocycles. The molecule has 190 valence electrons. The van der Waals surface area contributed by atoms with Crippen molar-refractivity contribution < 1.29 is 24.3 Å². The summed E-state index contributed by atoms with van der Waals surface area (Å²) in [7, 11) is 0. The fraction of sp³-hybridized carbons (Fsp3) is 0.696. The van der Waals surface area contributed by atoms with E-state index < -0.39 is 42.0 Å². The Balaban J connectivity index is 2.09. The van der Waals surface area contributed by atoms with Crippen LogP contribution in [0.1, 0.15) is 59.1 Å². The molecule has 2 rings (SSSR count).